The lowest BCUT2D eigenvalue weighted by molar-refractivity contribution is 0.0137. The van der Waals surface area contributed by atoms with Crippen LogP contribution in [0.2, 0.25) is 0 Å². The van der Waals surface area contributed by atoms with Gasteiger partial charge in [-0.1, -0.05) is 23.8 Å². The van der Waals surface area contributed by atoms with Gasteiger partial charge in [-0.15, -0.1) is 0 Å². The van der Waals surface area contributed by atoms with Crippen LogP contribution >= 0.6 is 0 Å². The number of nitrogens with one attached hydrogen (secondary N) is 1. The maximum atomic E-state index is 12.3. The van der Waals surface area contributed by atoms with Gasteiger partial charge in [0.1, 0.15) is 5.60 Å². The second-order valence-corrected chi connectivity index (χ2v) is 8.22. The van der Waals surface area contributed by atoms with E-state index in [1.807, 2.05) is 20.8 Å². The molecule has 1 amide bonds. The van der Waals surface area contributed by atoms with Crippen LogP contribution in [0.3, 0.4) is 0 Å². The van der Waals surface area contributed by atoms with E-state index in [1.54, 1.807) is 4.90 Å². The van der Waals surface area contributed by atoms with E-state index in [9.17, 15) is 4.79 Å². The van der Waals surface area contributed by atoms with E-state index in [0.717, 1.165) is 19.0 Å². The van der Waals surface area contributed by atoms with E-state index in [0.29, 0.717) is 19.6 Å². The van der Waals surface area contributed by atoms with Crippen LogP contribution in [-0.2, 0) is 11.3 Å². The highest BCUT2D eigenvalue weighted by molar-refractivity contribution is 5.82. The quantitative estimate of drug-likeness (QED) is 0.883. The average Bonchev–Trinajstić information content (AvgIpc) is 2.95. The second-order valence-electron chi connectivity index (χ2n) is 8.22. The first-order chi connectivity index (χ1) is 12.2. The Morgan fingerprint density at radius 3 is 2.77 bits per heavy atom. The predicted octanol–water partition coefficient (Wildman–Crippen LogP) is 2.68. The first-order valence-corrected chi connectivity index (χ1v) is 9.32. The van der Waals surface area contributed by atoms with E-state index < -0.39 is 5.60 Å². The summed E-state index contributed by atoms with van der Waals surface area (Å²) in [6.07, 6.45) is -0.228. The number of carbonyl (C=O) groups excluding carboxylic acids is 1. The van der Waals surface area contributed by atoms with Crippen LogP contribution in [0, 0.1) is 13.8 Å². The first-order valence-electron chi connectivity index (χ1n) is 9.32. The lowest BCUT2D eigenvalue weighted by Crippen LogP contribution is -2.57. The largest absolute Gasteiger partial charge is 0.444 e. The Morgan fingerprint density at radius 2 is 2.08 bits per heavy atom. The van der Waals surface area contributed by atoms with E-state index in [-0.39, 0.29) is 12.1 Å². The molecule has 0 aromatic heterocycles. The number of carbonyl (C=O) groups is 1. The highest BCUT2D eigenvalue weighted by atomic mass is 16.6. The SMILES string of the molecule is Cc1ccc(CNC2=NCC3CN(C(=O)OC(C)(C)C)CCN23)c(C)c1. The van der Waals surface area contributed by atoms with Crippen molar-refractivity contribution in [2.24, 2.45) is 4.99 Å². The summed E-state index contributed by atoms with van der Waals surface area (Å²) in [5.74, 6) is 0.943. The van der Waals surface area contributed by atoms with Crippen LogP contribution in [0.25, 0.3) is 0 Å². The number of aryl methyl sites for hydroxylation is 2. The Bertz CT molecular complexity index is 708. The van der Waals surface area contributed by atoms with Crippen LogP contribution in [-0.4, -0.2) is 59.7 Å². The van der Waals surface area contributed by atoms with Gasteiger partial charge in [0.05, 0.1) is 12.6 Å². The minimum atomic E-state index is -0.459. The van der Waals surface area contributed by atoms with Crippen molar-refractivity contribution < 1.29 is 9.53 Å². The molecule has 0 saturated carbocycles. The van der Waals surface area contributed by atoms with Crippen molar-refractivity contribution in [1.29, 1.82) is 0 Å². The minimum Gasteiger partial charge on any atom is -0.444 e. The van der Waals surface area contributed by atoms with E-state index in [1.165, 1.54) is 16.7 Å². The molecule has 0 bridgehead atoms. The molecule has 3 rings (SSSR count). The molecule has 0 aliphatic carbocycles. The Hall–Kier alpha value is -2.24. The molecule has 1 saturated heterocycles. The highest BCUT2D eigenvalue weighted by Gasteiger charge is 2.36. The number of aliphatic imine (C=N–C) groups is 1. The molecule has 0 radical (unpaired) electrons. The molecular formula is C20H30N4O2. The number of nitrogens with zero attached hydrogens (tertiary/aromatic N) is 3. The molecule has 1 aromatic rings. The summed E-state index contributed by atoms with van der Waals surface area (Å²) in [7, 11) is 0. The predicted molar refractivity (Wildman–Crippen MR) is 103 cm³/mol. The first kappa shape index (κ1) is 18.5. The molecular weight excluding hydrogens is 328 g/mol. The van der Waals surface area contributed by atoms with Gasteiger partial charge in [0.15, 0.2) is 5.96 Å². The van der Waals surface area contributed by atoms with Crippen LogP contribution in [0.1, 0.15) is 37.5 Å². The third-order valence-electron chi connectivity index (χ3n) is 4.79. The molecule has 1 N–H and O–H groups in total. The number of hydrogen-bond donors (Lipinski definition) is 1. The molecule has 1 aromatic carbocycles. The number of amides is 1. The summed E-state index contributed by atoms with van der Waals surface area (Å²) < 4.78 is 5.50. The molecule has 2 aliphatic heterocycles. The Morgan fingerprint density at radius 1 is 1.31 bits per heavy atom. The molecule has 1 fully saturated rings. The fourth-order valence-corrected chi connectivity index (χ4v) is 3.44. The van der Waals surface area contributed by atoms with Gasteiger partial charge in [-0.05, 0) is 45.7 Å². The standard InChI is InChI=1S/C20H30N4O2/c1-14-6-7-16(15(2)10-14)11-21-18-22-12-17-13-23(8-9-24(17)18)19(25)26-20(3,4)5/h6-7,10,17H,8-9,11-13H2,1-5H3,(H,21,22). The average molecular weight is 358 g/mol. The zero-order valence-corrected chi connectivity index (χ0v) is 16.5. The van der Waals surface area contributed by atoms with E-state index >= 15 is 0 Å². The Balaban J connectivity index is 1.54. The number of hydrogen-bond acceptors (Lipinski definition) is 5. The maximum absolute atomic E-state index is 12.3. The monoisotopic (exact) mass is 358 g/mol. The number of rotatable bonds is 2. The fourth-order valence-electron chi connectivity index (χ4n) is 3.44. The lowest BCUT2D eigenvalue weighted by atomic mass is 10.1. The van der Waals surface area contributed by atoms with Gasteiger partial charge in [0, 0.05) is 26.2 Å². The molecule has 26 heavy (non-hydrogen) atoms. The van der Waals surface area contributed by atoms with Crippen molar-refractivity contribution in [2.45, 2.75) is 52.8 Å². The highest BCUT2D eigenvalue weighted by Crippen LogP contribution is 2.19. The number of ether oxygens (including phenoxy) is 1. The number of benzene rings is 1. The molecule has 2 heterocycles. The summed E-state index contributed by atoms with van der Waals surface area (Å²) in [5.41, 5.74) is 3.40. The number of fused-ring (bicyclic) bond motifs is 1. The number of guanidine groups is 1. The van der Waals surface area contributed by atoms with Crippen molar-refractivity contribution in [1.82, 2.24) is 15.1 Å². The third kappa shape index (κ3) is 4.29. The van der Waals surface area contributed by atoms with E-state index in [2.05, 4.69) is 47.3 Å². The van der Waals surface area contributed by atoms with Gasteiger partial charge >= 0.3 is 6.09 Å². The smallest absolute Gasteiger partial charge is 0.410 e. The molecule has 142 valence electrons. The van der Waals surface area contributed by atoms with Gasteiger partial charge < -0.3 is 19.9 Å². The zero-order chi connectivity index (χ0) is 18.9. The van der Waals surface area contributed by atoms with Crippen molar-refractivity contribution in [3.8, 4) is 0 Å². The van der Waals surface area contributed by atoms with Crippen LogP contribution < -0.4 is 5.32 Å². The van der Waals surface area contributed by atoms with Crippen LogP contribution in [0.4, 0.5) is 4.79 Å². The van der Waals surface area contributed by atoms with Crippen LogP contribution in [0.15, 0.2) is 23.2 Å². The summed E-state index contributed by atoms with van der Waals surface area (Å²) in [5, 5.41) is 3.48. The summed E-state index contributed by atoms with van der Waals surface area (Å²) in [6.45, 7) is 13.5. The molecule has 6 heteroatoms. The lowest BCUT2D eigenvalue weighted by Gasteiger charge is -2.39. The van der Waals surface area contributed by atoms with Crippen molar-refractivity contribution in [3.05, 3.63) is 34.9 Å². The number of piperazine rings is 1. The third-order valence-corrected chi connectivity index (χ3v) is 4.79. The summed E-state index contributed by atoms with van der Waals surface area (Å²) >= 11 is 0. The summed E-state index contributed by atoms with van der Waals surface area (Å²) in [4.78, 5) is 21.0. The van der Waals surface area contributed by atoms with Gasteiger partial charge in [0.25, 0.3) is 0 Å². The minimum absolute atomic E-state index is 0.228. The topological polar surface area (TPSA) is 57.2 Å². The van der Waals surface area contributed by atoms with Crippen molar-refractivity contribution >= 4 is 12.1 Å². The second kappa shape index (κ2) is 7.17. The maximum Gasteiger partial charge on any atom is 0.410 e. The molecule has 0 spiro atoms. The normalized spacial score (nSPS) is 19.9. The molecule has 6 nitrogen and oxygen atoms in total. The van der Waals surface area contributed by atoms with Crippen molar-refractivity contribution in [3.63, 3.8) is 0 Å². The molecule has 2 aliphatic rings. The molecule has 1 unspecified atom stereocenters. The van der Waals surface area contributed by atoms with Gasteiger partial charge in [0.2, 0.25) is 0 Å². The van der Waals surface area contributed by atoms with E-state index in [4.69, 9.17) is 4.74 Å². The fraction of sp³-hybridized carbons (Fsp3) is 0.600. The van der Waals surface area contributed by atoms with Gasteiger partial charge in [-0.3, -0.25) is 4.99 Å². The van der Waals surface area contributed by atoms with Crippen LogP contribution in [0.5, 0.6) is 0 Å². The molecule has 1 atom stereocenters. The van der Waals surface area contributed by atoms with Crippen molar-refractivity contribution in [2.75, 3.05) is 26.2 Å². The van der Waals surface area contributed by atoms with Gasteiger partial charge in [-0.25, -0.2) is 4.79 Å². The summed E-state index contributed by atoms with van der Waals surface area (Å²) in [6, 6.07) is 6.75. The zero-order valence-electron chi connectivity index (χ0n) is 16.5. The Kier molecular flexibility index (Phi) is 5.12. The Labute approximate surface area is 156 Å². The van der Waals surface area contributed by atoms with Gasteiger partial charge in [-0.2, -0.15) is 0 Å².